The minimum absolute atomic E-state index is 0.353. The summed E-state index contributed by atoms with van der Waals surface area (Å²) >= 11 is 1.08. The van der Waals surface area contributed by atoms with Crippen molar-refractivity contribution in [3.05, 3.63) is 0 Å². The number of carbonyl (C=O) groups is 2. The van der Waals surface area contributed by atoms with Crippen LogP contribution in [0.5, 0.6) is 0 Å². The molecular formula is C6H9NO2S. The Morgan fingerprint density at radius 1 is 1.40 bits per heavy atom. The summed E-state index contributed by atoms with van der Waals surface area (Å²) in [4.78, 5) is 22.8. The fraction of sp³-hybridized carbons (Fsp3) is 0.667. The molecule has 10 heavy (non-hydrogen) atoms. The SMILES string of the molecule is CN1C(=O)C(=O)SC1(C)C. The van der Waals surface area contributed by atoms with Crippen LogP contribution in [0.15, 0.2) is 0 Å². The van der Waals surface area contributed by atoms with Gasteiger partial charge in [0.25, 0.3) is 5.12 Å². The molecule has 1 fully saturated rings. The first kappa shape index (κ1) is 7.60. The predicted molar refractivity (Wildman–Crippen MR) is 39.4 cm³/mol. The molecule has 1 rings (SSSR count). The summed E-state index contributed by atoms with van der Waals surface area (Å²) in [6.45, 7) is 3.70. The molecule has 1 heterocycles. The van der Waals surface area contributed by atoms with Gasteiger partial charge in [0.1, 0.15) is 0 Å². The summed E-state index contributed by atoms with van der Waals surface area (Å²) in [6.07, 6.45) is 0. The Morgan fingerprint density at radius 2 is 1.90 bits per heavy atom. The van der Waals surface area contributed by atoms with Crippen LogP contribution in [0.2, 0.25) is 0 Å². The van der Waals surface area contributed by atoms with E-state index in [1.165, 1.54) is 4.90 Å². The molecule has 1 amide bonds. The minimum Gasteiger partial charge on any atom is -0.324 e. The van der Waals surface area contributed by atoms with Crippen molar-refractivity contribution in [3.8, 4) is 0 Å². The van der Waals surface area contributed by atoms with Crippen molar-refractivity contribution >= 4 is 22.8 Å². The van der Waals surface area contributed by atoms with Gasteiger partial charge in [0, 0.05) is 7.05 Å². The Balaban J connectivity index is 2.92. The maximum absolute atomic E-state index is 10.9. The number of hydrogen-bond donors (Lipinski definition) is 0. The van der Waals surface area contributed by atoms with E-state index in [2.05, 4.69) is 0 Å². The van der Waals surface area contributed by atoms with E-state index in [0.717, 1.165) is 11.8 Å². The standard InChI is InChI=1S/C6H9NO2S/c1-6(2)7(3)4(8)5(9)10-6/h1-3H3. The number of hydrogen-bond acceptors (Lipinski definition) is 3. The molecule has 0 spiro atoms. The molecule has 4 heteroatoms. The van der Waals surface area contributed by atoms with Crippen LogP contribution in [0.3, 0.4) is 0 Å². The second kappa shape index (κ2) is 1.99. The van der Waals surface area contributed by atoms with E-state index in [1.54, 1.807) is 7.05 Å². The monoisotopic (exact) mass is 159 g/mol. The fourth-order valence-electron chi connectivity index (χ4n) is 0.720. The van der Waals surface area contributed by atoms with Gasteiger partial charge in [-0.05, 0) is 25.6 Å². The number of nitrogens with zero attached hydrogens (tertiary/aromatic N) is 1. The third-order valence-corrected chi connectivity index (χ3v) is 2.76. The molecule has 1 aliphatic rings. The molecule has 0 aromatic rings. The average Bonchev–Trinajstić information content (AvgIpc) is 1.95. The van der Waals surface area contributed by atoms with Gasteiger partial charge >= 0.3 is 5.91 Å². The van der Waals surface area contributed by atoms with E-state index in [-0.39, 0.29) is 9.99 Å². The van der Waals surface area contributed by atoms with Crippen molar-refractivity contribution < 1.29 is 9.59 Å². The molecule has 0 aliphatic carbocycles. The first-order chi connectivity index (χ1) is 4.45. The van der Waals surface area contributed by atoms with Gasteiger partial charge in [0.2, 0.25) is 0 Å². The summed E-state index contributed by atoms with van der Waals surface area (Å²) in [6, 6.07) is 0. The van der Waals surface area contributed by atoms with Crippen LogP contribution >= 0.6 is 11.8 Å². The summed E-state index contributed by atoms with van der Waals surface area (Å²) in [5, 5.41) is -0.354. The van der Waals surface area contributed by atoms with E-state index >= 15 is 0 Å². The Kier molecular flexibility index (Phi) is 1.51. The van der Waals surface area contributed by atoms with Crippen LogP contribution in [0.25, 0.3) is 0 Å². The van der Waals surface area contributed by atoms with Crippen LogP contribution in [-0.2, 0) is 9.59 Å². The highest BCUT2D eigenvalue weighted by atomic mass is 32.2. The van der Waals surface area contributed by atoms with Crippen molar-refractivity contribution in [2.24, 2.45) is 0 Å². The molecule has 0 aromatic carbocycles. The molecule has 0 N–H and O–H groups in total. The van der Waals surface area contributed by atoms with E-state index in [9.17, 15) is 9.59 Å². The van der Waals surface area contributed by atoms with Gasteiger partial charge < -0.3 is 4.90 Å². The Bertz CT molecular complexity index is 200. The minimum atomic E-state index is -0.394. The van der Waals surface area contributed by atoms with Gasteiger partial charge in [0.15, 0.2) is 0 Å². The second-order valence-corrected chi connectivity index (χ2v) is 4.27. The van der Waals surface area contributed by atoms with Crippen LogP contribution in [-0.4, -0.2) is 27.8 Å². The zero-order valence-electron chi connectivity index (χ0n) is 6.17. The highest BCUT2D eigenvalue weighted by molar-refractivity contribution is 8.17. The lowest BCUT2D eigenvalue weighted by Gasteiger charge is -2.24. The molecule has 0 atom stereocenters. The lowest BCUT2D eigenvalue weighted by atomic mass is 10.3. The van der Waals surface area contributed by atoms with Gasteiger partial charge in [-0.15, -0.1) is 0 Å². The van der Waals surface area contributed by atoms with Gasteiger partial charge in [0.05, 0.1) is 4.87 Å². The predicted octanol–water partition coefficient (Wildman–Crippen LogP) is 0.454. The highest BCUT2D eigenvalue weighted by Gasteiger charge is 2.42. The second-order valence-electron chi connectivity index (χ2n) is 2.70. The average molecular weight is 159 g/mol. The molecule has 0 saturated carbocycles. The van der Waals surface area contributed by atoms with Crippen LogP contribution in [0, 0.1) is 0 Å². The lowest BCUT2D eigenvalue weighted by Crippen LogP contribution is -2.36. The van der Waals surface area contributed by atoms with E-state index in [1.807, 2.05) is 13.8 Å². The maximum Gasteiger partial charge on any atom is 0.302 e. The molecule has 3 nitrogen and oxygen atoms in total. The lowest BCUT2D eigenvalue weighted by molar-refractivity contribution is -0.139. The van der Waals surface area contributed by atoms with Gasteiger partial charge in [-0.1, -0.05) is 0 Å². The van der Waals surface area contributed by atoms with Crippen molar-refractivity contribution in [3.63, 3.8) is 0 Å². The van der Waals surface area contributed by atoms with E-state index in [4.69, 9.17) is 0 Å². The third kappa shape index (κ3) is 0.923. The Morgan fingerprint density at radius 3 is 2.00 bits per heavy atom. The molecule has 56 valence electrons. The summed E-state index contributed by atoms with van der Waals surface area (Å²) in [5.41, 5.74) is 0. The fourth-order valence-corrected chi connectivity index (χ4v) is 1.62. The van der Waals surface area contributed by atoms with E-state index in [0.29, 0.717) is 0 Å². The number of amides is 1. The summed E-state index contributed by atoms with van der Waals surface area (Å²) in [5.74, 6) is -0.394. The third-order valence-electron chi connectivity index (χ3n) is 1.63. The quantitative estimate of drug-likeness (QED) is 0.482. The van der Waals surface area contributed by atoms with Gasteiger partial charge in [-0.3, -0.25) is 9.59 Å². The summed E-state index contributed by atoms with van der Waals surface area (Å²) < 4.78 is 0. The Hall–Kier alpha value is -0.510. The van der Waals surface area contributed by atoms with Crippen LogP contribution < -0.4 is 0 Å². The first-order valence-corrected chi connectivity index (χ1v) is 3.78. The topological polar surface area (TPSA) is 37.4 Å². The summed E-state index contributed by atoms with van der Waals surface area (Å²) in [7, 11) is 1.64. The zero-order valence-corrected chi connectivity index (χ0v) is 6.99. The molecule has 0 radical (unpaired) electrons. The molecule has 0 unspecified atom stereocenters. The smallest absolute Gasteiger partial charge is 0.302 e. The van der Waals surface area contributed by atoms with Crippen molar-refractivity contribution in [2.75, 3.05) is 7.05 Å². The molecule has 0 aromatic heterocycles. The molecular weight excluding hydrogens is 150 g/mol. The highest BCUT2D eigenvalue weighted by Crippen LogP contribution is 2.34. The first-order valence-electron chi connectivity index (χ1n) is 2.96. The zero-order chi connectivity index (χ0) is 7.94. The van der Waals surface area contributed by atoms with Gasteiger partial charge in [-0.25, -0.2) is 0 Å². The number of carbonyl (C=O) groups excluding carboxylic acids is 2. The van der Waals surface area contributed by atoms with E-state index < -0.39 is 5.91 Å². The number of likely N-dealkylation sites (N-methyl/N-ethyl adjacent to an activating group) is 1. The van der Waals surface area contributed by atoms with Crippen molar-refractivity contribution in [2.45, 2.75) is 18.7 Å². The number of rotatable bonds is 0. The van der Waals surface area contributed by atoms with Gasteiger partial charge in [-0.2, -0.15) is 0 Å². The molecule has 1 aliphatic heterocycles. The van der Waals surface area contributed by atoms with Crippen molar-refractivity contribution in [1.29, 1.82) is 0 Å². The van der Waals surface area contributed by atoms with Crippen LogP contribution in [0.1, 0.15) is 13.8 Å². The maximum atomic E-state index is 10.9. The van der Waals surface area contributed by atoms with Crippen LogP contribution in [0.4, 0.5) is 0 Å². The molecule has 0 bridgehead atoms. The normalized spacial score (nSPS) is 24.1. The molecule has 1 saturated heterocycles. The largest absolute Gasteiger partial charge is 0.324 e. The van der Waals surface area contributed by atoms with Crippen molar-refractivity contribution in [1.82, 2.24) is 4.90 Å². The Labute approximate surface area is 63.8 Å². The number of thioether (sulfide) groups is 1.